The molecule has 5 nitrogen and oxygen atoms in total. The monoisotopic (exact) mass is 475 g/mol. The van der Waals surface area contributed by atoms with Crippen LogP contribution in [-0.4, -0.2) is 23.4 Å². The Morgan fingerprint density at radius 3 is 2.40 bits per heavy atom. The maximum absolute atomic E-state index is 13.7. The molecule has 3 rings (SSSR count). The molecule has 0 aliphatic carbocycles. The lowest BCUT2D eigenvalue weighted by Gasteiger charge is -2.18. The van der Waals surface area contributed by atoms with Gasteiger partial charge in [-0.2, -0.15) is 0 Å². The van der Waals surface area contributed by atoms with Gasteiger partial charge in [-0.1, -0.05) is 28.1 Å². The molecular formula is C22H20BrF2N3O2. The van der Waals surface area contributed by atoms with E-state index in [0.29, 0.717) is 11.3 Å². The molecule has 0 spiro atoms. The number of carbonyl (C=O) groups excluding carboxylic acids is 2. The first-order valence-electron chi connectivity index (χ1n) is 9.15. The molecule has 2 aromatic carbocycles. The van der Waals surface area contributed by atoms with E-state index in [4.69, 9.17) is 0 Å². The van der Waals surface area contributed by atoms with Crippen molar-refractivity contribution in [1.29, 1.82) is 0 Å². The molecule has 8 heteroatoms. The molecule has 0 saturated heterocycles. The fourth-order valence-electron chi connectivity index (χ4n) is 3.35. The minimum Gasteiger partial charge on any atom is -0.357 e. The topological polar surface area (TPSA) is 63.1 Å². The van der Waals surface area contributed by atoms with Gasteiger partial charge >= 0.3 is 0 Å². The van der Waals surface area contributed by atoms with Gasteiger partial charge in [-0.3, -0.25) is 9.59 Å². The highest BCUT2D eigenvalue weighted by atomic mass is 79.9. The second-order valence-electron chi connectivity index (χ2n) is 6.79. The van der Waals surface area contributed by atoms with Gasteiger partial charge in [0.2, 0.25) is 5.91 Å². The van der Waals surface area contributed by atoms with Crippen molar-refractivity contribution in [2.75, 3.05) is 7.05 Å². The van der Waals surface area contributed by atoms with Crippen LogP contribution in [-0.2, 0) is 4.79 Å². The highest BCUT2D eigenvalue weighted by Gasteiger charge is 2.25. The first-order valence-corrected chi connectivity index (χ1v) is 9.94. The predicted molar refractivity (Wildman–Crippen MR) is 114 cm³/mol. The quantitative estimate of drug-likeness (QED) is 0.575. The number of carbonyl (C=O) groups is 2. The van der Waals surface area contributed by atoms with Crippen LogP contribution in [0.4, 0.5) is 8.78 Å². The van der Waals surface area contributed by atoms with Crippen LogP contribution in [0.5, 0.6) is 0 Å². The predicted octanol–water partition coefficient (Wildman–Crippen LogP) is 4.35. The van der Waals surface area contributed by atoms with Crippen LogP contribution in [0.25, 0.3) is 5.69 Å². The SMILES string of the molecule is CNC(=O)C(NC(=O)c1cc(C)n(-c2cccc(Br)c2)c1C)c1ccc(F)c(F)c1. The number of likely N-dealkylation sites (N-methyl/N-ethyl adjacent to an activating group) is 1. The number of nitrogens with one attached hydrogen (secondary N) is 2. The Labute approximate surface area is 181 Å². The van der Waals surface area contributed by atoms with Gasteiger partial charge in [0.1, 0.15) is 6.04 Å². The maximum Gasteiger partial charge on any atom is 0.254 e. The Morgan fingerprint density at radius 1 is 1.03 bits per heavy atom. The molecule has 30 heavy (non-hydrogen) atoms. The van der Waals surface area contributed by atoms with Gasteiger partial charge in [0.15, 0.2) is 11.6 Å². The molecule has 1 atom stereocenters. The normalized spacial score (nSPS) is 11.8. The van der Waals surface area contributed by atoms with Crippen molar-refractivity contribution in [3.8, 4) is 5.69 Å². The number of hydrogen-bond donors (Lipinski definition) is 2. The number of rotatable bonds is 5. The number of benzene rings is 2. The van der Waals surface area contributed by atoms with Gasteiger partial charge in [-0.05, 0) is 55.8 Å². The van der Waals surface area contributed by atoms with Gasteiger partial charge in [-0.15, -0.1) is 0 Å². The Bertz CT molecular complexity index is 1130. The molecule has 1 heterocycles. The van der Waals surface area contributed by atoms with E-state index in [2.05, 4.69) is 26.6 Å². The average molecular weight is 476 g/mol. The van der Waals surface area contributed by atoms with Gasteiger partial charge in [0.05, 0.1) is 5.56 Å². The van der Waals surface area contributed by atoms with Crippen molar-refractivity contribution in [2.45, 2.75) is 19.9 Å². The van der Waals surface area contributed by atoms with Gasteiger partial charge in [0.25, 0.3) is 5.91 Å². The van der Waals surface area contributed by atoms with Crippen molar-refractivity contribution in [3.63, 3.8) is 0 Å². The summed E-state index contributed by atoms with van der Waals surface area (Å²) in [4.78, 5) is 25.3. The van der Waals surface area contributed by atoms with Crippen LogP contribution in [0.1, 0.15) is 33.4 Å². The minimum atomic E-state index is -1.17. The van der Waals surface area contributed by atoms with E-state index in [1.165, 1.54) is 13.1 Å². The fraction of sp³-hybridized carbons (Fsp3) is 0.182. The van der Waals surface area contributed by atoms with E-state index >= 15 is 0 Å². The summed E-state index contributed by atoms with van der Waals surface area (Å²) >= 11 is 3.44. The van der Waals surface area contributed by atoms with Gasteiger partial charge in [-0.25, -0.2) is 8.78 Å². The van der Waals surface area contributed by atoms with E-state index in [1.807, 2.05) is 35.8 Å². The van der Waals surface area contributed by atoms with Crippen molar-refractivity contribution in [1.82, 2.24) is 15.2 Å². The molecule has 3 aromatic rings. The highest BCUT2D eigenvalue weighted by Crippen LogP contribution is 2.24. The van der Waals surface area contributed by atoms with E-state index < -0.39 is 29.5 Å². The number of hydrogen-bond acceptors (Lipinski definition) is 2. The average Bonchev–Trinajstić information content (AvgIpc) is 3.01. The van der Waals surface area contributed by atoms with Crippen LogP contribution in [0.2, 0.25) is 0 Å². The molecule has 0 bridgehead atoms. The number of aromatic nitrogens is 1. The number of halogens is 3. The molecule has 0 fully saturated rings. The fourth-order valence-corrected chi connectivity index (χ4v) is 3.74. The summed E-state index contributed by atoms with van der Waals surface area (Å²) in [5.74, 6) is -3.17. The third-order valence-corrected chi connectivity index (χ3v) is 5.30. The van der Waals surface area contributed by atoms with Crippen molar-refractivity contribution >= 4 is 27.7 Å². The Morgan fingerprint density at radius 2 is 1.77 bits per heavy atom. The molecule has 0 aliphatic rings. The van der Waals surface area contributed by atoms with Crippen LogP contribution in [0.3, 0.4) is 0 Å². The molecule has 0 saturated carbocycles. The minimum absolute atomic E-state index is 0.141. The zero-order valence-corrected chi connectivity index (χ0v) is 18.2. The van der Waals surface area contributed by atoms with Crippen LogP contribution in [0, 0.1) is 25.5 Å². The molecule has 0 aliphatic heterocycles. The molecule has 2 amide bonds. The standard InChI is InChI=1S/C22H20BrF2N3O2/c1-12-9-17(13(2)28(12)16-6-4-5-15(23)11-16)21(29)27-20(22(30)26-3)14-7-8-18(24)19(25)10-14/h4-11,20H,1-3H3,(H,26,30)(H,27,29). The molecule has 1 unspecified atom stereocenters. The van der Waals surface area contributed by atoms with Crippen LogP contribution < -0.4 is 10.6 Å². The Kier molecular flexibility index (Phi) is 6.36. The summed E-state index contributed by atoms with van der Waals surface area (Å²) < 4.78 is 29.8. The first-order chi connectivity index (χ1) is 14.2. The summed E-state index contributed by atoms with van der Waals surface area (Å²) in [5, 5.41) is 5.07. The summed E-state index contributed by atoms with van der Waals surface area (Å²) in [6.07, 6.45) is 0. The Hall–Kier alpha value is -3.00. The molecule has 2 N–H and O–H groups in total. The summed E-state index contributed by atoms with van der Waals surface area (Å²) in [5.41, 5.74) is 2.91. The van der Waals surface area contributed by atoms with Gasteiger partial charge in [0, 0.05) is 28.6 Å². The lowest BCUT2D eigenvalue weighted by atomic mass is 10.0. The van der Waals surface area contributed by atoms with Crippen LogP contribution in [0.15, 0.2) is 53.0 Å². The zero-order valence-electron chi connectivity index (χ0n) is 16.6. The summed E-state index contributed by atoms with van der Waals surface area (Å²) in [6.45, 7) is 3.67. The molecular weight excluding hydrogens is 456 g/mol. The smallest absolute Gasteiger partial charge is 0.254 e. The second kappa shape index (κ2) is 8.79. The summed E-state index contributed by atoms with van der Waals surface area (Å²) in [6, 6.07) is 11.3. The maximum atomic E-state index is 13.7. The molecule has 1 aromatic heterocycles. The van der Waals surface area contributed by atoms with E-state index in [1.54, 1.807) is 13.0 Å². The van der Waals surface area contributed by atoms with Crippen molar-refractivity contribution in [3.05, 3.63) is 87.2 Å². The van der Waals surface area contributed by atoms with Crippen molar-refractivity contribution < 1.29 is 18.4 Å². The third-order valence-electron chi connectivity index (χ3n) is 4.80. The lowest BCUT2D eigenvalue weighted by Crippen LogP contribution is -2.39. The summed E-state index contributed by atoms with van der Waals surface area (Å²) in [7, 11) is 1.40. The van der Waals surface area contributed by atoms with E-state index in [9.17, 15) is 18.4 Å². The Balaban J connectivity index is 1.96. The van der Waals surface area contributed by atoms with Gasteiger partial charge < -0.3 is 15.2 Å². The van der Waals surface area contributed by atoms with Crippen molar-refractivity contribution in [2.24, 2.45) is 0 Å². The number of nitrogens with zero attached hydrogens (tertiary/aromatic N) is 1. The van der Waals surface area contributed by atoms with Crippen LogP contribution >= 0.6 is 15.9 Å². The molecule has 156 valence electrons. The largest absolute Gasteiger partial charge is 0.357 e. The number of amides is 2. The zero-order chi connectivity index (χ0) is 22.0. The first kappa shape index (κ1) is 21.7. The van der Waals surface area contributed by atoms with E-state index in [0.717, 1.165) is 28.0 Å². The highest BCUT2D eigenvalue weighted by molar-refractivity contribution is 9.10. The number of aryl methyl sites for hydroxylation is 1. The lowest BCUT2D eigenvalue weighted by molar-refractivity contribution is -0.122. The second-order valence-corrected chi connectivity index (χ2v) is 7.71. The third kappa shape index (κ3) is 4.28. The molecule has 0 radical (unpaired) electrons. The van der Waals surface area contributed by atoms with E-state index in [-0.39, 0.29) is 5.56 Å².